The maximum absolute atomic E-state index is 12.2. The molecule has 0 radical (unpaired) electrons. The van der Waals surface area contributed by atoms with Crippen LogP contribution in [0.4, 0.5) is 0 Å². The lowest BCUT2D eigenvalue weighted by Crippen LogP contribution is -2.29. The van der Waals surface area contributed by atoms with E-state index in [4.69, 9.17) is 17.3 Å². The molecule has 2 heterocycles. The summed E-state index contributed by atoms with van der Waals surface area (Å²) >= 11 is 6.10. The van der Waals surface area contributed by atoms with Gasteiger partial charge in [0, 0.05) is 19.2 Å². The zero-order chi connectivity index (χ0) is 16.3. The number of thioether (sulfide) groups is 1. The van der Waals surface area contributed by atoms with Crippen molar-refractivity contribution in [2.24, 2.45) is 0 Å². The van der Waals surface area contributed by atoms with Crippen LogP contribution in [-0.4, -0.2) is 42.7 Å². The Labute approximate surface area is 133 Å². The molecule has 1 aromatic heterocycles. The van der Waals surface area contributed by atoms with E-state index in [-0.39, 0.29) is 35.8 Å². The highest BCUT2D eigenvalue weighted by Gasteiger charge is 2.31. The molecule has 0 atom stereocenters. The maximum atomic E-state index is 12.2. The van der Waals surface area contributed by atoms with Crippen LogP contribution in [0.3, 0.4) is 0 Å². The zero-order valence-corrected chi connectivity index (χ0v) is 12.8. The van der Waals surface area contributed by atoms with Crippen molar-refractivity contribution in [1.29, 1.82) is 0 Å². The largest absolute Gasteiger partial charge is 0.481 e. The third-order valence-electron chi connectivity index (χ3n) is 2.78. The van der Waals surface area contributed by atoms with Crippen molar-refractivity contribution in [2.75, 3.05) is 6.54 Å². The van der Waals surface area contributed by atoms with Crippen LogP contribution in [0.1, 0.15) is 18.4 Å². The minimum Gasteiger partial charge on any atom is -0.481 e. The number of thiocarbonyl (C=S) groups is 1. The van der Waals surface area contributed by atoms with Crippen LogP contribution < -0.4 is 11.2 Å². The molecular weight excluding hydrogens is 330 g/mol. The number of nitrogens with zero attached hydrogens (tertiary/aromatic N) is 1. The Balaban J connectivity index is 2.17. The van der Waals surface area contributed by atoms with Gasteiger partial charge in [0.1, 0.15) is 4.32 Å². The molecule has 1 aliphatic rings. The Morgan fingerprint density at radius 2 is 2.14 bits per heavy atom. The highest BCUT2D eigenvalue weighted by atomic mass is 32.2. The molecule has 2 rings (SSSR count). The molecular formula is C12H11N3O5S2. The number of carboxylic acid groups (broad SMARTS) is 1. The Bertz CT molecular complexity index is 779. The molecule has 0 spiro atoms. The topological polar surface area (TPSA) is 123 Å². The lowest BCUT2D eigenvalue weighted by molar-refractivity contribution is -0.137. The van der Waals surface area contributed by atoms with E-state index in [2.05, 4.69) is 9.97 Å². The number of aromatic nitrogens is 2. The summed E-state index contributed by atoms with van der Waals surface area (Å²) in [6.07, 6.45) is 2.77. The van der Waals surface area contributed by atoms with Crippen molar-refractivity contribution >= 4 is 46.3 Å². The van der Waals surface area contributed by atoms with Crippen molar-refractivity contribution in [3.05, 3.63) is 37.5 Å². The monoisotopic (exact) mass is 341 g/mol. The zero-order valence-electron chi connectivity index (χ0n) is 11.1. The summed E-state index contributed by atoms with van der Waals surface area (Å²) in [5.41, 5.74) is -1.12. The highest BCUT2D eigenvalue weighted by Crippen LogP contribution is 2.32. The van der Waals surface area contributed by atoms with Crippen LogP contribution in [-0.2, 0) is 9.59 Å². The molecule has 10 heteroatoms. The predicted molar refractivity (Wildman–Crippen MR) is 84.4 cm³/mol. The summed E-state index contributed by atoms with van der Waals surface area (Å²) in [7, 11) is 0. The summed E-state index contributed by atoms with van der Waals surface area (Å²) in [4.78, 5) is 51.1. The molecule has 116 valence electrons. The molecule has 0 aliphatic carbocycles. The van der Waals surface area contributed by atoms with Gasteiger partial charge < -0.3 is 10.1 Å². The first-order valence-corrected chi connectivity index (χ1v) is 7.40. The van der Waals surface area contributed by atoms with E-state index in [9.17, 15) is 19.2 Å². The molecule has 1 fully saturated rings. The summed E-state index contributed by atoms with van der Waals surface area (Å²) in [6.45, 7) is 0.205. The number of aliphatic carboxylic acids is 1. The van der Waals surface area contributed by atoms with Gasteiger partial charge >= 0.3 is 11.7 Å². The first kappa shape index (κ1) is 16.2. The molecule has 1 amide bonds. The van der Waals surface area contributed by atoms with Gasteiger partial charge in [0.25, 0.3) is 11.5 Å². The number of H-pyrrole nitrogens is 2. The summed E-state index contributed by atoms with van der Waals surface area (Å²) < 4.78 is 0.308. The fraction of sp³-hybridized carbons (Fsp3) is 0.250. The van der Waals surface area contributed by atoms with Crippen molar-refractivity contribution in [1.82, 2.24) is 14.9 Å². The lowest BCUT2D eigenvalue weighted by Gasteiger charge is -2.13. The van der Waals surface area contributed by atoms with Crippen LogP contribution in [0.15, 0.2) is 20.7 Å². The third-order valence-corrected chi connectivity index (χ3v) is 4.16. The molecule has 0 saturated carbocycles. The van der Waals surface area contributed by atoms with E-state index in [0.717, 1.165) is 11.8 Å². The van der Waals surface area contributed by atoms with Crippen LogP contribution in [0.2, 0.25) is 0 Å². The second kappa shape index (κ2) is 6.71. The lowest BCUT2D eigenvalue weighted by atomic mass is 10.2. The molecule has 3 N–H and O–H groups in total. The molecule has 1 aromatic rings. The first-order valence-electron chi connectivity index (χ1n) is 6.17. The standard InChI is InChI=1S/C12H11N3O5S2/c16-8(17)2-1-3-15-10(19)7(22-12(15)21)4-6-5-13-11(20)14-9(6)18/h4-5H,1-3H2,(H,16,17)(H2,13,14,18,20)/b7-4-. The van der Waals surface area contributed by atoms with Crippen LogP contribution >= 0.6 is 24.0 Å². The SMILES string of the molecule is O=C(O)CCCN1C(=O)/C(=C/c2c[nH]c(=O)[nH]c2=O)SC1=S. The molecule has 0 bridgehead atoms. The Morgan fingerprint density at radius 1 is 1.41 bits per heavy atom. The van der Waals surface area contributed by atoms with Gasteiger partial charge in [-0.15, -0.1) is 0 Å². The fourth-order valence-corrected chi connectivity index (χ4v) is 3.05. The van der Waals surface area contributed by atoms with Crippen LogP contribution in [0.25, 0.3) is 6.08 Å². The number of hydrogen-bond acceptors (Lipinski definition) is 6. The number of aromatic amines is 2. The smallest absolute Gasteiger partial charge is 0.325 e. The van der Waals surface area contributed by atoms with E-state index < -0.39 is 17.2 Å². The number of rotatable bonds is 5. The minimum atomic E-state index is -0.944. The molecule has 1 aliphatic heterocycles. The Hall–Kier alpha value is -2.20. The van der Waals surface area contributed by atoms with Crippen molar-refractivity contribution in [3.8, 4) is 0 Å². The molecule has 22 heavy (non-hydrogen) atoms. The van der Waals surface area contributed by atoms with Gasteiger partial charge in [0.2, 0.25) is 0 Å². The van der Waals surface area contributed by atoms with Gasteiger partial charge in [-0.3, -0.25) is 24.3 Å². The average Bonchev–Trinajstić information content (AvgIpc) is 2.69. The molecule has 0 unspecified atom stereocenters. The summed E-state index contributed by atoms with van der Waals surface area (Å²) in [5, 5.41) is 8.60. The van der Waals surface area contributed by atoms with Crippen molar-refractivity contribution in [3.63, 3.8) is 0 Å². The number of amides is 1. The quantitative estimate of drug-likeness (QED) is 0.514. The molecule has 0 aromatic carbocycles. The second-order valence-corrected chi connectivity index (χ2v) is 6.03. The van der Waals surface area contributed by atoms with Gasteiger partial charge in [0.05, 0.1) is 10.5 Å². The molecule has 8 nitrogen and oxygen atoms in total. The fourth-order valence-electron chi connectivity index (χ4n) is 1.75. The minimum absolute atomic E-state index is 0.0598. The van der Waals surface area contributed by atoms with E-state index in [0.29, 0.717) is 4.32 Å². The van der Waals surface area contributed by atoms with E-state index >= 15 is 0 Å². The number of hydrogen-bond donors (Lipinski definition) is 3. The van der Waals surface area contributed by atoms with Crippen molar-refractivity contribution in [2.45, 2.75) is 12.8 Å². The van der Waals surface area contributed by atoms with Gasteiger partial charge in [0.15, 0.2) is 0 Å². The highest BCUT2D eigenvalue weighted by molar-refractivity contribution is 8.26. The third kappa shape index (κ3) is 3.71. The maximum Gasteiger partial charge on any atom is 0.325 e. The van der Waals surface area contributed by atoms with Crippen molar-refractivity contribution < 1.29 is 14.7 Å². The van der Waals surface area contributed by atoms with E-state index in [1.165, 1.54) is 17.2 Å². The van der Waals surface area contributed by atoms with E-state index in [1.54, 1.807) is 0 Å². The van der Waals surface area contributed by atoms with Gasteiger partial charge in [-0.1, -0.05) is 24.0 Å². The van der Waals surface area contributed by atoms with Gasteiger partial charge in [-0.05, 0) is 12.5 Å². The van der Waals surface area contributed by atoms with Gasteiger partial charge in [-0.25, -0.2) is 4.79 Å². The summed E-state index contributed by atoms with van der Waals surface area (Å²) in [5.74, 6) is -1.33. The van der Waals surface area contributed by atoms with Crippen LogP contribution in [0.5, 0.6) is 0 Å². The van der Waals surface area contributed by atoms with E-state index in [1.807, 2.05) is 0 Å². The van der Waals surface area contributed by atoms with Crippen LogP contribution in [0, 0.1) is 0 Å². The Kier molecular flexibility index (Phi) is 4.93. The first-order chi connectivity index (χ1) is 10.4. The predicted octanol–water partition coefficient (Wildman–Crippen LogP) is 0.129. The van der Waals surface area contributed by atoms with Gasteiger partial charge in [-0.2, -0.15) is 0 Å². The molecule has 1 saturated heterocycles. The number of carboxylic acids is 1. The average molecular weight is 341 g/mol. The second-order valence-electron chi connectivity index (χ2n) is 4.36. The number of carbonyl (C=O) groups excluding carboxylic acids is 1. The number of carbonyl (C=O) groups is 2. The summed E-state index contributed by atoms with van der Waals surface area (Å²) in [6, 6.07) is 0. The number of nitrogens with one attached hydrogen (secondary N) is 2. The normalized spacial score (nSPS) is 16.5. The Morgan fingerprint density at radius 3 is 2.77 bits per heavy atom.